The van der Waals surface area contributed by atoms with Crippen LogP contribution in [0.15, 0.2) is 71.7 Å². The van der Waals surface area contributed by atoms with E-state index in [4.69, 9.17) is 16.3 Å². The van der Waals surface area contributed by atoms with Crippen LogP contribution in [0.4, 0.5) is 0 Å². The number of nitrogens with one attached hydrogen (secondary N) is 1. The maximum absolute atomic E-state index is 13.0. The van der Waals surface area contributed by atoms with Gasteiger partial charge in [-0.05, 0) is 41.3 Å². The molecule has 3 aromatic rings. The number of hydrogen-bond donors (Lipinski definition) is 1. The summed E-state index contributed by atoms with van der Waals surface area (Å²) < 4.78 is 6.71. The minimum Gasteiger partial charge on any atom is -0.497 e. The van der Waals surface area contributed by atoms with Gasteiger partial charge in [0, 0.05) is 17.3 Å². The third-order valence-corrected chi connectivity index (χ3v) is 5.34. The van der Waals surface area contributed by atoms with Gasteiger partial charge < -0.3 is 14.6 Å². The lowest BCUT2D eigenvalue weighted by molar-refractivity contribution is 0.0924. The van der Waals surface area contributed by atoms with E-state index in [0.717, 1.165) is 16.9 Å². The Morgan fingerprint density at radius 3 is 2.40 bits per heavy atom. The second-order valence-electron chi connectivity index (χ2n) is 7.44. The fraction of sp³-hybridized carbons (Fsp3) is 0.250. The first kappa shape index (κ1) is 21.7. The second-order valence-corrected chi connectivity index (χ2v) is 7.85. The molecule has 0 fully saturated rings. The lowest BCUT2D eigenvalue weighted by atomic mass is 9.95. The van der Waals surface area contributed by atoms with Crippen molar-refractivity contribution in [3.05, 3.63) is 98.9 Å². The zero-order chi connectivity index (χ0) is 21.7. The van der Waals surface area contributed by atoms with Gasteiger partial charge in [-0.1, -0.05) is 55.8 Å². The van der Waals surface area contributed by atoms with E-state index in [-0.39, 0.29) is 23.4 Å². The van der Waals surface area contributed by atoms with Gasteiger partial charge >= 0.3 is 0 Å². The molecule has 1 N–H and O–H groups in total. The van der Waals surface area contributed by atoms with Crippen LogP contribution in [0.25, 0.3) is 0 Å². The van der Waals surface area contributed by atoms with E-state index in [0.29, 0.717) is 17.1 Å². The summed E-state index contributed by atoms with van der Waals surface area (Å²) in [7, 11) is 1.62. The number of rotatable bonds is 7. The summed E-state index contributed by atoms with van der Waals surface area (Å²) in [5.74, 6) is 0.702. The Labute approximate surface area is 181 Å². The first-order valence-electron chi connectivity index (χ1n) is 9.77. The van der Waals surface area contributed by atoms with E-state index < -0.39 is 0 Å². The van der Waals surface area contributed by atoms with Gasteiger partial charge in [0.15, 0.2) is 0 Å². The van der Waals surface area contributed by atoms with Gasteiger partial charge in [0.2, 0.25) is 0 Å². The van der Waals surface area contributed by atoms with Crippen molar-refractivity contribution in [2.45, 2.75) is 26.4 Å². The highest BCUT2D eigenvalue weighted by molar-refractivity contribution is 6.31. The molecule has 0 aliphatic rings. The Morgan fingerprint density at radius 1 is 1.07 bits per heavy atom. The molecule has 1 atom stereocenters. The fourth-order valence-electron chi connectivity index (χ4n) is 3.27. The van der Waals surface area contributed by atoms with Crippen LogP contribution in [0.3, 0.4) is 0 Å². The van der Waals surface area contributed by atoms with Crippen LogP contribution in [-0.2, 0) is 6.54 Å². The normalized spacial score (nSPS) is 11.9. The Balaban J connectivity index is 1.83. The first-order chi connectivity index (χ1) is 14.4. The van der Waals surface area contributed by atoms with E-state index in [1.807, 2.05) is 56.3 Å². The van der Waals surface area contributed by atoms with E-state index in [1.54, 1.807) is 25.4 Å². The number of carbonyl (C=O) groups is 1. The van der Waals surface area contributed by atoms with Crippen LogP contribution in [0.1, 0.15) is 41.4 Å². The van der Waals surface area contributed by atoms with Crippen LogP contribution in [0.5, 0.6) is 5.75 Å². The van der Waals surface area contributed by atoms with Crippen molar-refractivity contribution in [1.82, 2.24) is 9.88 Å². The van der Waals surface area contributed by atoms with Crippen LogP contribution in [0, 0.1) is 5.92 Å². The molecule has 0 bridgehead atoms. The molecule has 1 aromatic heterocycles. The molecule has 30 heavy (non-hydrogen) atoms. The maximum atomic E-state index is 13.0. The van der Waals surface area contributed by atoms with Gasteiger partial charge in [0.25, 0.3) is 11.5 Å². The van der Waals surface area contributed by atoms with Crippen molar-refractivity contribution in [3.8, 4) is 5.75 Å². The standard InChI is InChI=1S/C24H25ClN2O3/c1-16(2)23(17-8-11-20(30-3)12-9-17)26-24(29)19-10-13-22(28)27(15-19)14-18-6-4-5-7-21(18)25/h4-13,15-16,23H,14H2,1-3H3,(H,26,29). The zero-order valence-electron chi connectivity index (χ0n) is 17.3. The average molecular weight is 425 g/mol. The molecule has 0 radical (unpaired) electrons. The van der Waals surface area contributed by atoms with Crippen molar-refractivity contribution in [2.75, 3.05) is 7.11 Å². The molecule has 156 valence electrons. The smallest absolute Gasteiger partial charge is 0.253 e. The number of methoxy groups -OCH3 is 1. The van der Waals surface area contributed by atoms with Gasteiger partial charge in [0.1, 0.15) is 5.75 Å². The number of hydrogen-bond acceptors (Lipinski definition) is 3. The number of nitrogens with zero attached hydrogens (tertiary/aromatic N) is 1. The highest BCUT2D eigenvalue weighted by Crippen LogP contribution is 2.24. The van der Waals surface area contributed by atoms with Gasteiger partial charge in [-0.25, -0.2) is 0 Å². The molecule has 1 unspecified atom stereocenters. The summed E-state index contributed by atoms with van der Waals surface area (Å²) in [5.41, 5.74) is 2.03. The molecule has 1 amide bonds. The molecule has 0 spiro atoms. The molecule has 0 saturated heterocycles. The lowest BCUT2D eigenvalue weighted by Crippen LogP contribution is -2.33. The summed E-state index contributed by atoms with van der Waals surface area (Å²) >= 11 is 6.22. The zero-order valence-corrected chi connectivity index (χ0v) is 18.0. The van der Waals surface area contributed by atoms with Crippen molar-refractivity contribution in [2.24, 2.45) is 5.92 Å². The minimum atomic E-state index is -0.238. The molecule has 1 heterocycles. The molecular formula is C24H25ClN2O3. The molecule has 5 nitrogen and oxygen atoms in total. The van der Waals surface area contributed by atoms with Crippen molar-refractivity contribution < 1.29 is 9.53 Å². The molecule has 3 rings (SSSR count). The number of benzene rings is 2. The SMILES string of the molecule is COc1ccc(C(NC(=O)c2ccc(=O)n(Cc3ccccc3Cl)c2)C(C)C)cc1. The Morgan fingerprint density at radius 2 is 1.77 bits per heavy atom. The topological polar surface area (TPSA) is 60.3 Å². The lowest BCUT2D eigenvalue weighted by Gasteiger charge is -2.23. The number of pyridine rings is 1. The predicted molar refractivity (Wildman–Crippen MR) is 119 cm³/mol. The summed E-state index contributed by atoms with van der Waals surface area (Å²) in [5, 5.41) is 3.67. The Kier molecular flexibility index (Phi) is 6.95. The van der Waals surface area contributed by atoms with Crippen molar-refractivity contribution in [1.29, 1.82) is 0 Å². The third-order valence-electron chi connectivity index (χ3n) is 4.97. The summed E-state index contributed by atoms with van der Waals surface area (Å²) in [6, 6.07) is 17.8. The molecule has 0 saturated carbocycles. The predicted octanol–water partition coefficient (Wildman–Crippen LogP) is 4.69. The summed E-state index contributed by atoms with van der Waals surface area (Å²) in [4.78, 5) is 25.3. The van der Waals surface area contributed by atoms with Gasteiger partial charge in [-0.3, -0.25) is 9.59 Å². The van der Waals surface area contributed by atoms with Crippen LogP contribution < -0.4 is 15.6 Å². The van der Waals surface area contributed by atoms with Crippen molar-refractivity contribution >= 4 is 17.5 Å². The largest absolute Gasteiger partial charge is 0.497 e. The summed E-state index contributed by atoms with van der Waals surface area (Å²) in [6.07, 6.45) is 1.58. The quantitative estimate of drug-likeness (QED) is 0.598. The fourth-order valence-corrected chi connectivity index (χ4v) is 3.47. The summed E-state index contributed by atoms with van der Waals surface area (Å²) in [6.45, 7) is 4.40. The molecular weight excluding hydrogens is 400 g/mol. The first-order valence-corrected chi connectivity index (χ1v) is 10.2. The van der Waals surface area contributed by atoms with Gasteiger partial charge in [-0.15, -0.1) is 0 Å². The van der Waals surface area contributed by atoms with Crippen molar-refractivity contribution in [3.63, 3.8) is 0 Å². The number of amides is 1. The highest BCUT2D eigenvalue weighted by Gasteiger charge is 2.20. The van der Waals surface area contributed by atoms with E-state index in [2.05, 4.69) is 5.32 Å². The number of halogens is 1. The minimum absolute atomic E-state index is 0.174. The third kappa shape index (κ3) is 5.10. The average Bonchev–Trinajstić information content (AvgIpc) is 2.75. The van der Waals surface area contributed by atoms with Crippen LogP contribution in [0.2, 0.25) is 5.02 Å². The van der Waals surface area contributed by atoms with Gasteiger partial charge in [-0.2, -0.15) is 0 Å². The molecule has 0 aliphatic carbocycles. The molecule has 0 aliphatic heterocycles. The van der Waals surface area contributed by atoms with E-state index in [9.17, 15) is 9.59 Å². The molecule has 2 aromatic carbocycles. The highest BCUT2D eigenvalue weighted by atomic mass is 35.5. The molecule has 6 heteroatoms. The Bertz CT molecular complexity index is 1070. The van der Waals surface area contributed by atoms with E-state index >= 15 is 0 Å². The van der Waals surface area contributed by atoms with Gasteiger partial charge in [0.05, 0.1) is 25.3 Å². The number of carbonyl (C=O) groups excluding carboxylic acids is 1. The monoisotopic (exact) mass is 424 g/mol. The maximum Gasteiger partial charge on any atom is 0.253 e. The second kappa shape index (κ2) is 9.63. The Hall–Kier alpha value is -3.05. The van der Waals surface area contributed by atoms with Crippen LogP contribution in [-0.4, -0.2) is 17.6 Å². The number of aromatic nitrogens is 1. The number of ether oxygens (including phenoxy) is 1. The van der Waals surface area contributed by atoms with Crippen LogP contribution >= 0.6 is 11.6 Å². The van der Waals surface area contributed by atoms with E-state index in [1.165, 1.54) is 10.6 Å².